The average molecular weight is 954 g/mol. The van der Waals surface area contributed by atoms with Crippen molar-refractivity contribution >= 4 is 33.4 Å². The third-order valence-corrected chi connectivity index (χ3v) is 13.8. The number of phosphoric acid groups is 2. The first kappa shape index (κ1) is 57.9. The molecule has 1 aliphatic rings. The molecule has 1 fully saturated rings. The van der Waals surface area contributed by atoms with Gasteiger partial charge in [0.05, 0.1) is 13.2 Å². The van der Waals surface area contributed by atoms with Crippen molar-refractivity contribution in [1.29, 1.82) is 0 Å². The van der Waals surface area contributed by atoms with Gasteiger partial charge in [-0.05, 0) is 18.9 Å². The number of hydrogen-bond acceptors (Lipinski definition) is 15. The molecule has 6 unspecified atom stereocenters. The maximum Gasteiger partial charge on any atom is 0.483 e. The molecule has 2 heterocycles. The van der Waals surface area contributed by atoms with Crippen LogP contribution in [0.3, 0.4) is 0 Å². The summed E-state index contributed by atoms with van der Waals surface area (Å²) in [6.07, 6.45) is 23.0. The third-order valence-electron chi connectivity index (χ3n) is 11.2. The molecule has 0 bridgehead atoms. The maximum absolute atomic E-state index is 13.6. The van der Waals surface area contributed by atoms with Gasteiger partial charge in [-0.2, -0.15) is 9.29 Å². The van der Waals surface area contributed by atoms with Crippen molar-refractivity contribution in [3.63, 3.8) is 0 Å². The molecule has 64 heavy (non-hydrogen) atoms. The van der Waals surface area contributed by atoms with Gasteiger partial charge < -0.3 is 39.9 Å². The molecule has 0 spiro atoms. The van der Waals surface area contributed by atoms with Gasteiger partial charge in [0.2, 0.25) is 0 Å². The van der Waals surface area contributed by atoms with Crippen molar-refractivity contribution in [3.8, 4) is 0 Å². The normalized spacial score (nSPS) is 19.1. The Morgan fingerprint density at radius 2 is 1.16 bits per heavy atom. The van der Waals surface area contributed by atoms with E-state index in [9.17, 15) is 43.5 Å². The third kappa shape index (κ3) is 26.8. The minimum Gasteiger partial charge on any atom is -0.462 e. The predicted molar refractivity (Wildman–Crippen MR) is 243 cm³/mol. The van der Waals surface area contributed by atoms with E-state index in [0.717, 1.165) is 55.9 Å². The number of hydrogen-bond donors (Lipinski definition) is 5. The van der Waals surface area contributed by atoms with Gasteiger partial charge in [-0.15, -0.1) is 0 Å². The lowest BCUT2D eigenvalue weighted by Crippen LogP contribution is -2.36. The van der Waals surface area contributed by atoms with E-state index < -0.39 is 83.7 Å². The minimum atomic E-state index is -5.56. The molecular formula is C44H81N3O15P2. The van der Waals surface area contributed by atoms with Crippen LogP contribution in [0.4, 0.5) is 5.82 Å². The zero-order chi connectivity index (χ0) is 47.1. The number of carbonyl (C=O) groups is 2. The van der Waals surface area contributed by atoms with Gasteiger partial charge in [-0.1, -0.05) is 168 Å². The molecule has 0 amide bonds. The summed E-state index contributed by atoms with van der Waals surface area (Å²) in [5, 5.41) is 21.2. The van der Waals surface area contributed by atoms with Crippen LogP contribution in [0.2, 0.25) is 0 Å². The maximum atomic E-state index is 13.6. The number of nitrogen functional groups attached to an aromatic ring is 1. The summed E-state index contributed by atoms with van der Waals surface area (Å²) in [7, 11) is -10.8. The number of anilines is 1. The summed E-state index contributed by atoms with van der Waals surface area (Å²) in [6.45, 7) is 2.17. The van der Waals surface area contributed by atoms with Crippen LogP contribution in [0, 0.1) is 0 Å². The fraction of sp³-hybridized carbons (Fsp3) is 0.864. The van der Waals surface area contributed by atoms with Crippen LogP contribution >= 0.6 is 15.6 Å². The lowest BCUT2D eigenvalue weighted by atomic mass is 10.0. The zero-order valence-electron chi connectivity index (χ0n) is 38.6. The van der Waals surface area contributed by atoms with E-state index in [-0.39, 0.29) is 18.7 Å². The Morgan fingerprint density at radius 1 is 0.703 bits per heavy atom. The number of nitrogens with zero attached hydrogens (tertiary/aromatic N) is 2. The number of ether oxygens (including phenoxy) is 3. The molecule has 1 aromatic heterocycles. The molecular weight excluding hydrogens is 872 g/mol. The number of nitrogens with two attached hydrogens (primary N) is 1. The van der Waals surface area contributed by atoms with Gasteiger partial charge in [-0.3, -0.25) is 23.2 Å². The highest BCUT2D eigenvalue weighted by molar-refractivity contribution is 7.61. The second-order valence-corrected chi connectivity index (χ2v) is 20.0. The number of rotatable bonds is 40. The largest absolute Gasteiger partial charge is 0.483 e. The molecule has 1 saturated heterocycles. The monoisotopic (exact) mass is 954 g/mol. The molecule has 0 saturated carbocycles. The topological polar surface area (TPSA) is 265 Å². The fourth-order valence-electron chi connectivity index (χ4n) is 7.46. The zero-order valence-corrected chi connectivity index (χ0v) is 40.4. The van der Waals surface area contributed by atoms with Gasteiger partial charge in [0.25, 0.3) is 0 Å². The Hall–Kier alpha value is -2.24. The van der Waals surface area contributed by atoms with Gasteiger partial charge in [0, 0.05) is 19.0 Å². The van der Waals surface area contributed by atoms with Gasteiger partial charge in [0.1, 0.15) is 30.7 Å². The van der Waals surface area contributed by atoms with Crippen molar-refractivity contribution < 1.29 is 66.3 Å². The first-order valence-electron chi connectivity index (χ1n) is 24.0. The van der Waals surface area contributed by atoms with Crippen LogP contribution in [0.15, 0.2) is 17.1 Å². The summed E-state index contributed by atoms with van der Waals surface area (Å²) in [5.74, 6) is -1.30. The predicted octanol–water partition coefficient (Wildman–Crippen LogP) is 9.11. The Kier molecular flexibility index (Phi) is 30.9. The number of unbranched alkanes of at least 4 members (excludes halogenated alkanes) is 24. The molecule has 0 aromatic carbocycles. The molecule has 6 N–H and O–H groups in total. The number of carbonyl (C=O) groups excluding carboxylic acids is 2. The van der Waals surface area contributed by atoms with Crippen molar-refractivity contribution in [1.82, 2.24) is 9.55 Å². The number of aliphatic hydroxyl groups is 2. The molecule has 1 aromatic rings. The highest BCUT2D eigenvalue weighted by Gasteiger charge is 2.46. The Bertz CT molecular complexity index is 1560. The first-order chi connectivity index (χ1) is 30.7. The van der Waals surface area contributed by atoms with Gasteiger partial charge >= 0.3 is 33.3 Å². The van der Waals surface area contributed by atoms with Crippen LogP contribution in [0.1, 0.15) is 200 Å². The highest BCUT2D eigenvalue weighted by atomic mass is 31.3. The van der Waals surface area contributed by atoms with Crippen molar-refractivity contribution in [2.24, 2.45) is 0 Å². The molecule has 20 heteroatoms. The molecule has 372 valence electrons. The standard InChI is InChI=1S/C44H81N3O15P2/c1-3-5-7-9-11-13-15-17-19-21-23-25-27-29-39(48)57-33-36(60-40(49)30-28-26-24-22-20-18-16-14-12-10-8-6-4-2)34-58-64(56,62-63(53,54)55)59-35-37-41(50)42(51)43(61-37)47-32-31-38(45)46-44(47)52/h31-32,36-37,41-43,50-51H,3-30,33-35H2,1-2H3,(H2,45,46,52)(H2,53,54,55). The van der Waals surface area contributed by atoms with Gasteiger partial charge in [-0.25, -0.2) is 13.9 Å². The minimum absolute atomic E-state index is 0.0430. The van der Waals surface area contributed by atoms with E-state index >= 15 is 0 Å². The second-order valence-electron chi connectivity index (χ2n) is 17.0. The van der Waals surface area contributed by atoms with E-state index in [1.807, 2.05) is 0 Å². The summed E-state index contributed by atoms with van der Waals surface area (Å²) >= 11 is 0. The Labute approximate surface area is 380 Å². The lowest BCUT2D eigenvalue weighted by molar-refractivity contribution is -0.161. The second kappa shape index (κ2) is 34.1. The first-order valence-corrected chi connectivity index (χ1v) is 27.0. The molecule has 18 nitrogen and oxygen atoms in total. The smallest absolute Gasteiger partial charge is 0.462 e. The number of esters is 2. The Morgan fingerprint density at radius 3 is 1.61 bits per heavy atom. The fourth-order valence-corrected chi connectivity index (χ4v) is 9.64. The van der Waals surface area contributed by atoms with E-state index in [0.29, 0.717) is 12.8 Å². The number of phosphoric ester groups is 1. The average Bonchev–Trinajstić information content (AvgIpc) is 3.52. The van der Waals surface area contributed by atoms with E-state index in [1.54, 1.807) is 0 Å². The van der Waals surface area contributed by atoms with Crippen LogP contribution < -0.4 is 11.4 Å². The van der Waals surface area contributed by atoms with Crippen LogP contribution in [0.5, 0.6) is 0 Å². The molecule has 0 aliphatic carbocycles. The summed E-state index contributed by atoms with van der Waals surface area (Å²) in [6, 6.07) is 1.25. The number of aromatic nitrogens is 2. The Balaban J connectivity index is 1.91. The summed E-state index contributed by atoms with van der Waals surface area (Å²) in [5.41, 5.74) is 4.62. The van der Waals surface area contributed by atoms with Crippen LogP contribution in [0.25, 0.3) is 0 Å². The van der Waals surface area contributed by atoms with Crippen LogP contribution in [-0.2, 0) is 46.3 Å². The molecule has 0 radical (unpaired) electrons. The van der Waals surface area contributed by atoms with Crippen molar-refractivity contribution in [2.45, 2.75) is 224 Å². The molecule has 2 rings (SSSR count). The van der Waals surface area contributed by atoms with Gasteiger partial charge in [0.15, 0.2) is 12.3 Å². The van der Waals surface area contributed by atoms with Crippen molar-refractivity contribution in [3.05, 3.63) is 22.7 Å². The van der Waals surface area contributed by atoms with E-state index in [2.05, 4.69) is 23.1 Å². The summed E-state index contributed by atoms with van der Waals surface area (Å²) < 4.78 is 57.6. The SMILES string of the molecule is CCCCCCCCCCCCCCCC(=O)OCC(COP(=O)(OCC1OC(n2ccc(N)nc2=O)C(O)C1O)OP(=O)(O)O)OC(=O)CCCCCCCCCCCCCCC. The number of aliphatic hydroxyl groups excluding tert-OH is 2. The summed E-state index contributed by atoms with van der Waals surface area (Å²) in [4.78, 5) is 60.7. The van der Waals surface area contributed by atoms with E-state index in [1.165, 1.54) is 115 Å². The highest BCUT2D eigenvalue weighted by Crippen LogP contribution is 2.61. The van der Waals surface area contributed by atoms with Crippen LogP contribution in [-0.4, -0.2) is 85.7 Å². The lowest BCUT2D eigenvalue weighted by Gasteiger charge is -2.23. The quantitative estimate of drug-likeness (QED) is 0.0233. The molecule has 6 atom stereocenters. The molecule has 1 aliphatic heterocycles. The van der Waals surface area contributed by atoms with E-state index in [4.69, 9.17) is 29.0 Å². The van der Waals surface area contributed by atoms with Crippen molar-refractivity contribution in [2.75, 3.05) is 25.6 Å².